The minimum Gasteiger partial charge on any atom is -0.479 e. The zero-order chi connectivity index (χ0) is 19.1. The maximum absolute atomic E-state index is 9.77. The fourth-order valence-electron chi connectivity index (χ4n) is 3.38. The molecule has 0 radical (unpaired) electrons. The van der Waals surface area contributed by atoms with Crippen LogP contribution in [-0.2, 0) is 16.1 Å². The van der Waals surface area contributed by atoms with Gasteiger partial charge in [0, 0.05) is 25.7 Å². The number of aliphatic hydroxyl groups is 2. The molecule has 1 aromatic rings. The molecule has 8 nitrogen and oxygen atoms in total. The van der Waals surface area contributed by atoms with Crippen LogP contribution in [0.2, 0.25) is 0 Å². The Labute approximate surface area is 152 Å². The zero-order valence-corrected chi connectivity index (χ0v) is 14.5. The molecule has 2 heterocycles. The predicted molar refractivity (Wildman–Crippen MR) is 93.5 cm³/mol. The van der Waals surface area contributed by atoms with Crippen LogP contribution in [0.15, 0.2) is 30.3 Å². The molecule has 0 saturated carbocycles. The number of aliphatic hydroxyl groups excluding tert-OH is 2. The summed E-state index contributed by atoms with van der Waals surface area (Å²) in [5, 5.41) is 36.2. The topological polar surface area (TPSA) is 130 Å². The van der Waals surface area contributed by atoms with Gasteiger partial charge in [-0.2, -0.15) is 0 Å². The van der Waals surface area contributed by atoms with Gasteiger partial charge < -0.3 is 25.7 Å². The predicted octanol–water partition coefficient (Wildman–Crippen LogP) is -0.252. The molecule has 144 valence electrons. The Hall–Kier alpha value is -2.00. The van der Waals surface area contributed by atoms with E-state index < -0.39 is 24.1 Å². The number of nitrogens with one attached hydrogen (secondary N) is 1. The number of aliphatic carboxylic acids is 2. The highest BCUT2D eigenvalue weighted by molar-refractivity contribution is 5.83. The molecule has 0 aliphatic carbocycles. The Morgan fingerprint density at radius 1 is 1.08 bits per heavy atom. The van der Waals surface area contributed by atoms with Crippen LogP contribution >= 0.6 is 0 Å². The van der Waals surface area contributed by atoms with E-state index in [-0.39, 0.29) is 0 Å². The van der Waals surface area contributed by atoms with Crippen LogP contribution in [0.5, 0.6) is 0 Å². The third-order valence-corrected chi connectivity index (χ3v) is 4.73. The van der Waals surface area contributed by atoms with E-state index in [2.05, 4.69) is 40.5 Å². The van der Waals surface area contributed by atoms with Gasteiger partial charge in [0.05, 0.1) is 0 Å². The molecule has 1 aromatic carbocycles. The normalized spacial score (nSPS) is 24.7. The minimum atomic E-state index is -2.27. The lowest BCUT2D eigenvalue weighted by molar-refractivity contribution is -0.165. The van der Waals surface area contributed by atoms with Gasteiger partial charge in [0.1, 0.15) is 0 Å². The molecule has 2 saturated heterocycles. The quantitative estimate of drug-likeness (QED) is 0.482. The molecule has 2 unspecified atom stereocenters. The second-order valence-electron chi connectivity index (χ2n) is 6.71. The third-order valence-electron chi connectivity index (χ3n) is 4.73. The molecular formula is C18H26N2O6. The molecule has 5 N–H and O–H groups in total. The van der Waals surface area contributed by atoms with Crippen molar-refractivity contribution in [3.05, 3.63) is 35.9 Å². The van der Waals surface area contributed by atoms with E-state index in [1.54, 1.807) is 0 Å². The van der Waals surface area contributed by atoms with Crippen molar-refractivity contribution in [1.29, 1.82) is 0 Å². The number of benzene rings is 1. The molecule has 0 spiro atoms. The first-order valence-electron chi connectivity index (χ1n) is 8.70. The number of fused-ring (bicyclic) bond motifs is 1. The van der Waals surface area contributed by atoms with Crippen molar-refractivity contribution in [2.24, 2.45) is 5.92 Å². The van der Waals surface area contributed by atoms with Crippen LogP contribution < -0.4 is 5.32 Å². The summed E-state index contributed by atoms with van der Waals surface area (Å²) < 4.78 is 0. The Morgan fingerprint density at radius 3 is 2.23 bits per heavy atom. The molecule has 2 aliphatic rings. The number of hydrogen-bond acceptors (Lipinski definition) is 6. The highest BCUT2D eigenvalue weighted by Crippen LogP contribution is 2.25. The van der Waals surface area contributed by atoms with Gasteiger partial charge in [0.15, 0.2) is 12.2 Å². The van der Waals surface area contributed by atoms with E-state index in [0.29, 0.717) is 0 Å². The van der Waals surface area contributed by atoms with E-state index in [1.165, 1.54) is 38.0 Å². The third kappa shape index (κ3) is 5.77. The molecule has 0 aromatic heterocycles. The Balaban J connectivity index is 0.000000213. The van der Waals surface area contributed by atoms with E-state index in [4.69, 9.17) is 20.4 Å². The van der Waals surface area contributed by atoms with Crippen LogP contribution in [0.4, 0.5) is 0 Å². The van der Waals surface area contributed by atoms with Crippen molar-refractivity contribution in [3.8, 4) is 0 Å². The van der Waals surface area contributed by atoms with Crippen LogP contribution in [0, 0.1) is 5.92 Å². The fourth-order valence-corrected chi connectivity index (χ4v) is 3.38. The summed E-state index contributed by atoms with van der Waals surface area (Å²) in [5.41, 5.74) is 1.45. The van der Waals surface area contributed by atoms with Crippen molar-refractivity contribution in [2.75, 3.05) is 19.6 Å². The van der Waals surface area contributed by atoms with Crippen LogP contribution in [-0.4, -0.2) is 75.1 Å². The van der Waals surface area contributed by atoms with Crippen LogP contribution in [0.3, 0.4) is 0 Å². The number of piperidine rings is 1. The summed E-state index contributed by atoms with van der Waals surface area (Å²) in [6, 6.07) is 11.6. The molecule has 2 aliphatic heterocycles. The van der Waals surface area contributed by atoms with Crippen LogP contribution in [0.1, 0.15) is 18.4 Å². The number of carboxylic acid groups (broad SMARTS) is 2. The number of likely N-dealkylation sites (tertiary alicyclic amines) is 1. The summed E-state index contributed by atoms with van der Waals surface area (Å²) in [6.07, 6.45) is -1.75. The zero-order valence-electron chi connectivity index (χ0n) is 14.5. The van der Waals surface area contributed by atoms with Crippen molar-refractivity contribution >= 4 is 11.9 Å². The van der Waals surface area contributed by atoms with E-state index >= 15 is 0 Å². The molecule has 0 amide bonds. The second-order valence-corrected chi connectivity index (χ2v) is 6.71. The highest BCUT2D eigenvalue weighted by atomic mass is 16.4. The lowest BCUT2D eigenvalue weighted by Crippen LogP contribution is -2.40. The van der Waals surface area contributed by atoms with Gasteiger partial charge in [-0.3, -0.25) is 4.90 Å². The summed E-state index contributed by atoms with van der Waals surface area (Å²) in [5.74, 6) is -2.64. The molecule has 2 fully saturated rings. The molecule has 3 rings (SSSR count). The summed E-state index contributed by atoms with van der Waals surface area (Å²) in [6.45, 7) is 4.86. The van der Waals surface area contributed by atoms with Gasteiger partial charge in [-0.15, -0.1) is 0 Å². The first-order chi connectivity index (χ1) is 12.4. The maximum Gasteiger partial charge on any atom is 0.335 e. The van der Waals surface area contributed by atoms with Gasteiger partial charge in [-0.1, -0.05) is 30.3 Å². The number of rotatable bonds is 5. The van der Waals surface area contributed by atoms with Gasteiger partial charge in [0.25, 0.3) is 0 Å². The standard InChI is InChI=1S/C14H20N2.C4H6O6/c1-2-5-12(6-3-1)9-16-10-13-7-4-8-15-14(13)11-16;5-1(3(7)8)2(6)4(9)10/h1-3,5-6,13-15H,4,7-11H2;1-2,5-6H,(H,7,8)(H,9,10)/t13-,14+;/m0./s1. The van der Waals surface area contributed by atoms with Gasteiger partial charge >= 0.3 is 11.9 Å². The van der Waals surface area contributed by atoms with E-state index in [9.17, 15) is 9.59 Å². The second kappa shape index (κ2) is 9.63. The summed E-state index contributed by atoms with van der Waals surface area (Å²) >= 11 is 0. The number of carbonyl (C=O) groups is 2. The number of hydrogen-bond donors (Lipinski definition) is 5. The lowest BCUT2D eigenvalue weighted by Gasteiger charge is -2.24. The maximum atomic E-state index is 9.77. The largest absolute Gasteiger partial charge is 0.479 e. The van der Waals surface area contributed by atoms with E-state index in [1.807, 2.05) is 0 Å². The number of carboxylic acids is 2. The van der Waals surface area contributed by atoms with Crippen molar-refractivity contribution in [1.82, 2.24) is 10.2 Å². The fraction of sp³-hybridized carbons (Fsp3) is 0.556. The molecule has 4 atom stereocenters. The van der Waals surface area contributed by atoms with Gasteiger partial charge in [-0.25, -0.2) is 9.59 Å². The average molecular weight is 366 g/mol. The van der Waals surface area contributed by atoms with Crippen LogP contribution in [0.25, 0.3) is 0 Å². The average Bonchev–Trinajstić information content (AvgIpc) is 3.03. The van der Waals surface area contributed by atoms with Crippen molar-refractivity contribution in [3.63, 3.8) is 0 Å². The molecular weight excluding hydrogens is 340 g/mol. The van der Waals surface area contributed by atoms with E-state index in [0.717, 1.165) is 18.5 Å². The van der Waals surface area contributed by atoms with Gasteiger partial charge in [0.2, 0.25) is 0 Å². The molecule has 0 bridgehead atoms. The van der Waals surface area contributed by atoms with Crippen molar-refractivity contribution in [2.45, 2.75) is 37.6 Å². The first-order valence-corrected chi connectivity index (χ1v) is 8.70. The van der Waals surface area contributed by atoms with Crippen molar-refractivity contribution < 1.29 is 30.0 Å². The monoisotopic (exact) mass is 366 g/mol. The summed E-state index contributed by atoms with van der Waals surface area (Å²) in [4.78, 5) is 22.1. The molecule has 8 heteroatoms. The smallest absolute Gasteiger partial charge is 0.335 e. The molecule has 26 heavy (non-hydrogen) atoms. The Morgan fingerprint density at radius 2 is 1.69 bits per heavy atom. The Kier molecular flexibility index (Phi) is 7.52. The highest BCUT2D eigenvalue weighted by Gasteiger charge is 2.33. The summed E-state index contributed by atoms with van der Waals surface area (Å²) in [7, 11) is 0. The minimum absolute atomic E-state index is 0.762. The number of nitrogens with zero attached hydrogens (tertiary/aromatic N) is 1. The Bertz CT molecular complexity index is 565. The SMILES string of the molecule is O=C(O)C(O)C(O)C(=O)O.c1ccc(CN2C[C@@H]3CCCN[C@@H]3C2)cc1. The lowest BCUT2D eigenvalue weighted by atomic mass is 9.94. The van der Waals surface area contributed by atoms with Gasteiger partial charge in [-0.05, 0) is 30.9 Å². The first kappa shape index (κ1) is 20.3.